The third kappa shape index (κ3) is 5.53. The van der Waals surface area contributed by atoms with Crippen molar-refractivity contribution in [3.05, 3.63) is 52.7 Å². The van der Waals surface area contributed by atoms with E-state index in [9.17, 15) is 14.4 Å². The average molecular weight is 621 g/mol. The van der Waals surface area contributed by atoms with Gasteiger partial charge in [0.05, 0.1) is 24.5 Å². The first-order valence-corrected chi connectivity index (χ1v) is 13.9. The van der Waals surface area contributed by atoms with Crippen LogP contribution in [0.4, 0.5) is 5.82 Å². The number of likely N-dealkylation sites (tertiary alicyclic amines) is 1. The molecule has 0 aromatic carbocycles. The highest BCUT2D eigenvalue weighted by Gasteiger charge is 2.43. The number of methoxy groups -OCH3 is 1. The summed E-state index contributed by atoms with van der Waals surface area (Å²) in [5.41, 5.74) is 2.74. The molecule has 5 heterocycles. The van der Waals surface area contributed by atoms with Crippen molar-refractivity contribution < 1.29 is 19.1 Å². The standard InChI is InChI=1S/C28H29BrN8O4/c1-14-6-7-23(29)33-26(14)34-27(40)21-8-15(2)16(3)37(21)24(39)13-36-22-12-30-20(9-19(22)25(35-36)17(4)38)18-10-31-28(41-5)32-11-18/h6-7,9-12,15-16,21H,8,13H2,1-5H3,(H,33,34,40)/t15-,16+,21-/m0/s1. The van der Waals surface area contributed by atoms with E-state index in [1.54, 1.807) is 35.6 Å². The van der Waals surface area contributed by atoms with E-state index >= 15 is 0 Å². The van der Waals surface area contributed by atoms with E-state index < -0.39 is 6.04 Å². The first-order valence-electron chi connectivity index (χ1n) is 13.1. The van der Waals surface area contributed by atoms with Crippen LogP contribution < -0.4 is 10.1 Å². The number of halogens is 1. The van der Waals surface area contributed by atoms with Gasteiger partial charge in [0.2, 0.25) is 11.8 Å². The Hall–Kier alpha value is -4.26. The maximum absolute atomic E-state index is 13.8. The Bertz CT molecular complexity index is 1660. The van der Waals surface area contributed by atoms with E-state index in [-0.39, 0.29) is 47.8 Å². The highest BCUT2D eigenvalue weighted by molar-refractivity contribution is 9.10. The molecular weight excluding hydrogens is 592 g/mol. The summed E-state index contributed by atoms with van der Waals surface area (Å²) in [5.74, 6) is -0.289. The molecule has 0 aliphatic carbocycles. The van der Waals surface area contributed by atoms with Crippen LogP contribution >= 0.6 is 15.9 Å². The number of anilines is 1. The van der Waals surface area contributed by atoms with Crippen molar-refractivity contribution in [1.29, 1.82) is 0 Å². The Balaban J connectivity index is 1.43. The zero-order valence-corrected chi connectivity index (χ0v) is 24.8. The van der Waals surface area contributed by atoms with Crippen molar-refractivity contribution in [2.24, 2.45) is 5.92 Å². The van der Waals surface area contributed by atoms with Crippen LogP contribution in [0, 0.1) is 12.8 Å². The number of aryl methyl sites for hydroxylation is 1. The molecule has 41 heavy (non-hydrogen) atoms. The summed E-state index contributed by atoms with van der Waals surface area (Å²) in [6, 6.07) is 4.75. The number of rotatable bonds is 7. The molecule has 4 aromatic rings. The number of ketones is 1. The van der Waals surface area contributed by atoms with Gasteiger partial charge in [0, 0.05) is 36.3 Å². The fourth-order valence-electron chi connectivity index (χ4n) is 5.06. The van der Waals surface area contributed by atoms with Crippen LogP contribution in [0.5, 0.6) is 6.01 Å². The first-order chi connectivity index (χ1) is 19.6. The molecule has 4 aromatic heterocycles. The van der Waals surface area contributed by atoms with Crippen molar-refractivity contribution in [2.45, 2.75) is 52.7 Å². The molecule has 2 amide bonds. The van der Waals surface area contributed by atoms with Crippen LogP contribution in [-0.2, 0) is 16.1 Å². The summed E-state index contributed by atoms with van der Waals surface area (Å²) in [6.07, 6.45) is 5.24. The number of ether oxygens (including phenoxy) is 1. The number of nitrogens with one attached hydrogen (secondary N) is 1. The van der Waals surface area contributed by atoms with Crippen molar-refractivity contribution in [3.63, 3.8) is 0 Å². The summed E-state index contributed by atoms with van der Waals surface area (Å²) < 4.78 is 7.09. The second-order valence-electron chi connectivity index (χ2n) is 10.2. The van der Waals surface area contributed by atoms with Crippen LogP contribution in [0.1, 0.15) is 43.2 Å². The maximum Gasteiger partial charge on any atom is 0.316 e. The van der Waals surface area contributed by atoms with Gasteiger partial charge in [-0.25, -0.2) is 15.0 Å². The van der Waals surface area contributed by atoms with Gasteiger partial charge >= 0.3 is 6.01 Å². The van der Waals surface area contributed by atoms with Gasteiger partial charge in [-0.3, -0.25) is 24.0 Å². The fraction of sp³-hybridized carbons (Fsp3) is 0.357. The lowest BCUT2D eigenvalue weighted by molar-refractivity contribution is -0.139. The molecule has 12 nitrogen and oxygen atoms in total. The average Bonchev–Trinajstić information content (AvgIpc) is 3.47. The largest absolute Gasteiger partial charge is 0.467 e. The van der Waals surface area contributed by atoms with E-state index in [1.807, 2.05) is 26.8 Å². The van der Waals surface area contributed by atoms with E-state index in [4.69, 9.17) is 4.74 Å². The van der Waals surface area contributed by atoms with Gasteiger partial charge in [-0.05, 0) is 59.8 Å². The highest BCUT2D eigenvalue weighted by atomic mass is 79.9. The number of pyridine rings is 2. The van der Waals surface area contributed by atoms with Gasteiger partial charge in [0.15, 0.2) is 5.78 Å². The van der Waals surface area contributed by atoms with E-state index in [1.165, 1.54) is 18.7 Å². The van der Waals surface area contributed by atoms with Gasteiger partial charge in [0.25, 0.3) is 0 Å². The molecule has 1 N–H and O–H groups in total. The third-order valence-electron chi connectivity index (χ3n) is 7.45. The number of carbonyl (C=O) groups excluding carboxylic acids is 3. The molecular formula is C28H29BrN8O4. The Labute approximate surface area is 244 Å². The molecule has 13 heteroatoms. The summed E-state index contributed by atoms with van der Waals surface area (Å²) in [6.45, 7) is 7.07. The topological polar surface area (TPSA) is 145 Å². The second-order valence-corrected chi connectivity index (χ2v) is 11.0. The SMILES string of the molecule is COc1ncc(-c2cc3c(C(C)=O)nn(CC(=O)N4[C@H](C)[C@@H](C)C[C@H]4C(=O)Nc4nc(Br)ccc4C)c3cn2)cn1. The van der Waals surface area contributed by atoms with Gasteiger partial charge in [-0.2, -0.15) is 5.10 Å². The molecule has 0 unspecified atom stereocenters. The predicted molar refractivity (Wildman–Crippen MR) is 154 cm³/mol. The monoisotopic (exact) mass is 620 g/mol. The summed E-state index contributed by atoms with van der Waals surface area (Å²) in [7, 11) is 1.48. The minimum atomic E-state index is -0.679. The fourth-order valence-corrected chi connectivity index (χ4v) is 5.37. The molecule has 212 valence electrons. The lowest BCUT2D eigenvalue weighted by Gasteiger charge is -2.28. The quantitative estimate of drug-likeness (QED) is 0.240. The van der Waals surface area contributed by atoms with Crippen LogP contribution in [0.15, 0.2) is 41.4 Å². The molecule has 1 fully saturated rings. The molecule has 1 aliphatic rings. The zero-order valence-electron chi connectivity index (χ0n) is 23.3. The number of carbonyl (C=O) groups is 3. The number of hydrogen-bond acceptors (Lipinski definition) is 9. The normalized spacial score (nSPS) is 18.5. The molecule has 1 saturated heterocycles. The van der Waals surface area contributed by atoms with Crippen molar-refractivity contribution >= 4 is 50.2 Å². The predicted octanol–water partition coefficient (Wildman–Crippen LogP) is 3.83. The molecule has 3 atom stereocenters. The second kappa shape index (κ2) is 11.3. The molecule has 0 spiro atoms. The molecule has 0 saturated carbocycles. The van der Waals surface area contributed by atoms with E-state index in [0.29, 0.717) is 39.0 Å². The minimum Gasteiger partial charge on any atom is -0.467 e. The minimum absolute atomic E-state index is 0.101. The number of fused-ring (bicyclic) bond motifs is 1. The van der Waals surface area contributed by atoms with Gasteiger partial charge in [-0.1, -0.05) is 13.0 Å². The first kappa shape index (κ1) is 28.3. The Morgan fingerprint density at radius 2 is 1.85 bits per heavy atom. The maximum atomic E-state index is 13.8. The van der Waals surface area contributed by atoms with Gasteiger partial charge in [-0.15, -0.1) is 0 Å². The number of nitrogens with zero attached hydrogens (tertiary/aromatic N) is 7. The van der Waals surface area contributed by atoms with E-state index in [2.05, 4.69) is 46.3 Å². The number of Topliss-reactive ketones (excluding diaryl/α,β-unsaturated/α-hetero) is 1. The molecule has 1 aliphatic heterocycles. The van der Waals surface area contributed by atoms with Crippen molar-refractivity contribution in [1.82, 2.24) is 34.6 Å². The van der Waals surface area contributed by atoms with E-state index in [0.717, 1.165) is 5.56 Å². The number of aromatic nitrogens is 6. The molecule has 5 rings (SSSR count). The van der Waals surface area contributed by atoms with Gasteiger partial charge < -0.3 is 15.0 Å². The summed E-state index contributed by atoms with van der Waals surface area (Å²) in [4.78, 5) is 58.4. The van der Waals surface area contributed by atoms with Crippen molar-refractivity contribution in [2.75, 3.05) is 12.4 Å². The smallest absolute Gasteiger partial charge is 0.316 e. The Kier molecular flexibility index (Phi) is 7.80. The van der Waals surface area contributed by atoms with Crippen LogP contribution in [0.25, 0.3) is 22.2 Å². The zero-order chi connectivity index (χ0) is 29.4. The number of amides is 2. The Morgan fingerprint density at radius 1 is 1.12 bits per heavy atom. The number of hydrogen-bond donors (Lipinski definition) is 1. The van der Waals surface area contributed by atoms with Gasteiger partial charge in [0.1, 0.15) is 28.7 Å². The lowest BCUT2D eigenvalue weighted by atomic mass is 10.0. The van der Waals surface area contributed by atoms with Crippen molar-refractivity contribution in [3.8, 4) is 17.3 Å². The Morgan fingerprint density at radius 3 is 2.54 bits per heavy atom. The van der Waals surface area contributed by atoms with Crippen LogP contribution in [0.2, 0.25) is 0 Å². The summed E-state index contributed by atoms with van der Waals surface area (Å²) >= 11 is 3.34. The lowest BCUT2D eigenvalue weighted by Crippen LogP contribution is -2.47. The van der Waals surface area contributed by atoms with Crippen LogP contribution in [-0.4, -0.2) is 71.4 Å². The molecule has 0 radical (unpaired) electrons. The third-order valence-corrected chi connectivity index (χ3v) is 7.89. The van der Waals surface area contributed by atoms with Crippen LogP contribution in [0.3, 0.4) is 0 Å². The summed E-state index contributed by atoms with van der Waals surface area (Å²) in [5, 5.41) is 7.92. The highest BCUT2D eigenvalue weighted by Crippen LogP contribution is 2.32. The molecule has 0 bridgehead atoms.